The Morgan fingerprint density at radius 3 is 2.08 bits per heavy atom. The van der Waals surface area contributed by atoms with Crippen LogP contribution in [-0.2, 0) is 9.31 Å². The molecular weight excluding hydrogens is 307 g/mol. The summed E-state index contributed by atoms with van der Waals surface area (Å²) in [5.74, 6) is 0.698. The largest absolute Gasteiger partial charge is 0.491 e. The first-order valence-electron chi connectivity index (χ1n) is 9.14. The summed E-state index contributed by atoms with van der Waals surface area (Å²) >= 11 is 0. The van der Waals surface area contributed by atoms with E-state index >= 15 is 0 Å². The highest BCUT2D eigenvalue weighted by Gasteiger charge is 2.55. The molecule has 2 atom stereocenters. The number of rotatable bonds is 1. The standard InChI is InChI=1S/C22H23BO2/c1-21(2)22(3,4)25-23(24-21)19-13-12-17-15-9-6-5-8-14(15)16-10-7-11-18(19)20(16)17/h5-13,18,20H,1-4H3. The number of hydrogen-bond acceptors (Lipinski definition) is 2. The van der Waals surface area contributed by atoms with Gasteiger partial charge in [-0.1, -0.05) is 54.6 Å². The van der Waals surface area contributed by atoms with Gasteiger partial charge in [-0.15, -0.1) is 0 Å². The molecular formula is C22H23BO2. The molecule has 126 valence electrons. The van der Waals surface area contributed by atoms with Gasteiger partial charge >= 0.3 is 7.12 Å². The van der Waals surface area contributed by atoms with Crippen molar-refractivity contribution in [1.29, 1.82) is 0 Å². The zero-order valence-electron chi connectivity index (χ0n) is 15.2. The van der Waals surface area contributed by atoms with Gasteiger partial charge in [0.2, 0.25) is 0 Å². The van der Waals surface area contributed by atoms with Gasteiger partial charge in [-0.05, 0) is 55.4 Å². The number of allylic oxidation sites excluding steroid dienone is 8. The first-order valence-corrected chi connectivity index (χ1v) is 9.14. The third-order valence-electron chi connectivity index (χ3n) is 6.54. The zero-order valence-corrected chi connectivity index (χ0v) is 15.2. The molecule has 2 unspecified atom stereocenters. The molecule has 1 aromatic rings. The summed E-state index contributed by atoms with van der Waals surface area (Å²) in [6.07, 6.45) is 11.3. The van der Waals surface area contributed by atoms with Crippen molar-refractivity contribution in [3.05, 3.63) is 71.2 Å². The molecule has 0 radical (unpaired) electrons. The fourth-order valence-electron chi connectivity index (χ4n) is 4.47. The second-order valence-electron chi connectivity index (χ2n) is 8.43. The topological polar surface area (TPSA) is 18.5 Å². The van der Waals surface area contributed by atoms with Gasteiger partial charge in [0.1, 0.15) is 0 Å². The lowest BCUT2D eigenvalue weighted by atomic mass is 9.61. The van der Waals surface area contributed by atoms with Crippen LogP contribution in [-0.4, -0.2) is 18.3 Å². The maximum Gasteiger partial charge on any atom is 0.491 e. The maximum atomic E-state index is 6.35. The van der Waals surface area contributed by atoms with Crippen LogP contribution in [0.2, 0.25) is 0 Å². The van der Waals surface area contributed by atoms with Gasteiger partial charge in [0, 0.05) is 11.8 Å². The Labute approximate surface area is 150 Å². The van der Waals surface area contributed by atoms with Gasteiger partial charge in [-0.2, -0.15) is 0 Å². The molecule has 0 N–H and O–H groups in total. The lowest BCUT2D eigenvalue weighted by molar-refractivity contribution is 0.00578. The normalized spacial score (nSPS) is 30.4. The molecule has 0 amide bonds. The third kappa shape index (κ3) is 2.00. The Bertz CT molecular complexity index is 869. The van der Waals surface area contributed by atoms with Crippen LogP contribution >= 0.6 is 0 Å². The van der Waals surface area contributed by atoms with Crippen molar-refractivity contribution in [2.45, 2.75) is 38.9 Å². The van der Waals surface area contributed by atoms with Crippen LogP contribution in [0.3, 0.4) is 0 Å². The predicted octanol–water partition coefficient (Wildman–Crippen LogP) is 4.84. The summed E-state index contributed by atoms with van der Waals surface area (Å²) in [6.45, 7) is 8.46. The van der Waals surface area contributed by atoms with Crippen LogP contribution in [0.25, 0.3) is 11.1 Å². The van der Waals surface area contributed by atoms with E-state index in [1.807, 2.05) is 0 Å². The second kappa shape index (κ2) is 4.87. The Hall–Kier alpha value is -1.84. The summed E-state index contributed by atoms with van der Waals surface area (Å²) in [5, 5.41) is 0. The molecule has 2 nitrogen and oxygen atoms in total. The van der Waals surface area contributed by atoms with Gasteiger partial charge in [0.25, 0.3) is 0 Å². The molecule has 0 bridgehead atoms. The van der Waals surface area contributed by atoms with Crippen LogP contribution in [0.15, 0.2) is 60.1 Å². The average Bonchev–Trinajstić information content (AvgIpc) is 3.01. The van der Waals surface area contributed by atoms with Crippen molar-refractivity contribution in [3.8, 4) is 0 Å². The number of benzene rings is 1. The van der Waals surface area contributed by atoms with Crippen molar-refractivity contribution in [3.63, 3.8) is 0 Å². The molecule has 0 aromatic heterocycles. The van der Waals surface area contributed by atoms with E-state index in [-0.39, 0.29) is 18.3 Å². The van der Waals surface area contributed by atoms with E-state index in [1.54, 1.807) is 0 Å². The highest BCUT2D eigenvalue weighted by Crippen LogP contribution is 2.55. The van der Waals surface area contributed by atoms with E-state index in [9.17, 15) is 0 Å². The lowest BCUT2D eigenvalue weighted by Gasteiger charge is -2.32. The van der Waals surface area contributed by atoms with Crippen LogP contribution in [0.5, 0.6) is 0 Å². The summed E-state index contributed by atoms with van der Waals surface area (Å²) in [4.78, 5) is 0. The van der Waals surface area contributed by atoms with Crippen LogP contribution in [0, 0.1) is 11.8 Å². The third-order valence-corrected chi connectivity index (χ3v) is 6.54. The Kier molecular flexibility index (Phi) is 3.00. The first-order chi connectivity index (χ1) is 11.9. The zero-order chi connectivity index (χ0) is 17.4. The van der Waals surface area contributed by atoms with E-state index in [0.29, 0.717) is 11.8 Å². The van der Waals surface area contributed by atoms with Gasteiger partial charge in [0.05, 0.1) is 11.2 Å². The van der Waals surface area contributed by atoms with Crippen LogP contribution in [0.1, 0.15) is 38.8 Å². The molecule has 25 heavy (non-hydrogen) atoms. The Morgan fingerprint density at radius 2 is 1.44 bits per heavy atom. The molecule has 0 spiro atoms. The monoisotopic (exact) mass is 330 g/mol. The van der Waals surface area contributed by atoms with E-state index in [0.717, 1.165) is 0 Å². The van der Waals surface area contributed by atoms with E-state index < -0.39 is 0 Å². The van der Waals surface area contributed by atoms with Gasteiger partial charge < -0.3 is 9.31 Å². The minimum atomic E-state index is -0.307. The summed E-state index contributed by atoms with van der Waals surface area (Å²) in [5.41, 5.74) is 6.22. The number of fused-ring (bicyclic) bond motifs is 3. The molecule has 0 saturated carbocycles. The lowest BCUT2D eigenvalue weighted by Crippen LogP contribution is -2.41. The maximum absolute atomic E-state index is 6.35. The van der Waals surface area contributed by atoms with Crippen molar-refractivity contribution in [2.24, 2.45) is 11.8 Å². The van der Waals surface area contributed by atoms with Crippen LogP contribution in [0.4, 0.5) is 0 Å². The summed E-state index contributed by atoms with van der Waals surface area (Å²) in [7, 11) is -0.277. The van der Waals surface area contributed by atoms with Crippen molar-refractivity contribution in [1.82, 2.24) is 0 Å². The Morgan fingerprint density at radius 1 is 0.840 bits per heavy atom. The van der Waals surface area contributed by atoms with E-state index in [2.05, 4.69) is 82.3 Å². The Balaban J connectivity index is 1.59. The van der Waals surface area contributed by atoms with Gasteiger partial charge in [0.15, 0.2) is 0 Å². The highest BCUT2D eigenvalue weighted by molar-refractivity contribution is 6.55. The smallest absolute Gasteiger partial charge is 0.400 e. The van der Waals surface area contributed by atoms with Crippen molar-refractivity contribution in [2.75, 3.05) is 0 Å². The quantitative estimate of drug-likeness (QED) is 0.686. The molecule has 1 aliphatic heterocycles. The fraction of sp³-hybridized carbons (Fsp3) is 0.364. The summed E-state index contributed by atoms with van der Waals surface area (Å²) < 4.78 is 12.7. The highest BCUT2D eigenvalue weighted by atomic mass is 16.7. The second-order valence-corrected chi connectivity index (χ2v) is 8.43. The predicted molar refractivity (Wildman–Crippen MR) is 103 cm³/mol. The number of hydrogen-bond donors (Lipinski definition) is 0. The first kappa shape index (κ1) is 15.4. The fourth-order valence-corrected chi connectivity index (χ4v) is 4.47. The minimum absolute atomic E-state index is 0.277. The van der Waals surface area contributed by atoms with Gasteiger partial charge in [-0.25, -0.2) is 0 Å². The van der Waals surface area contributed by atoms with Gasteiger partial charge in [-0.3, -0.25) is 0 Å². The van der Waals surface area contributed by atoms with Crippen molar-refractivity contribution >= 4 is 18.3 Å². The summed E-state index contributed by atoms with van der Waals surface area (Å²) in [6, 6.07) is 8.75. The SMILES string of the molecule is CC1(C)OB(C2=CC=C3c4ccccc4C4=CC=CC2C43)OC1(C)C. The van der Waals surface area contributed by atoms with Crippen LogP contribution < -0.4 is 0 Å². The molecule has 3 heteroatoms. The minimum Gasteiger partial charge on any atom is -0.400 e. The molecule has 1 heterocycles. The molecule has 1 saturated heterocycles. The van der Waals surface area contributed by atoms with E-state index in [1.165, 1.54) is 27.7 Å². The molecule has 5 rings (SSSR count). The van der Waals surface area contributed by atoms with Crippen molar-refractivity contribution < 1.29 is 9.31 Å². The van der Waals surface area contributed by atoms with E-state index in [4.69, 9.17) is 9.31 Å². The molecule has 3 aliphatic carbocycles. The molecule has 4 aliphatic rings. The molecule has 1 aromatic carbocycles. The average molecular weight is 330 g/mol. The molecule has 1 fully saturated rings.